The number of carbonyl (C=O) groups excluding carboxylic acids is 1. The molecule has 9 heteroatoms. The van der Waals surface area contributed by atoms with Gasteiger partial charge in [0.1, 0.15) is 10.0 Å². The minimum absolute atomic E-state index is 0. The number of rotatable bonds is 8. The molecule has 0 aromatic heterocycles. The molecule has 0 amide bonds. The van der Waals surface area contributed by atoms with Crippen molar-refractivity contribution in [2.75, 3.05) is 13.1 Å². The molecule has 7 nitrogen and oxygen atoms in total. The number of sulfonamides is 1. The predicted octanol–water partition coefficient (Wildman–Crippen LogP) is 0.513. The van der Waals surface area contributed by atoms with E-state index in [2.05, 4.69) is 4.72 Å². The van der Waals surface area contributed by atoms with Crippen LogP contribution in [0, 0.1) is 12.8 Å². The first-order valence-electron chi connectivity index (χ1n) is 7.84. The minimum atomic E-state index is -3.97. The molecular weight excluding hydrogens is 437 g/mol. The Morgan fingerprint density at radius 2 is 1.68 bits per heavy atom. The van der Waals surface area contributed by atoms with Gasteiger partial charge in [-0.2, -0.15) is 0 Å². The zero-order chi connectivity index (χ0) is 18.8. The number of carboxylic acid groups (broad SMARTS) is 1. The number of nitrogens with two attached hydrogens (primary N) is 2. The van der Waals surface area contributed by atoms with Crippen LogP contribution in [0.5, 0.6) is 0 Å². The Labute approximate surface area is 164 Å². The Kier molecular flexibility index (Phi) is 14.2. The molecule has 0 aliphatic carbocycles. The van der Waals surface area contributed by atoms with E-state index in [1.54, 1.807) is 26.0 Å². The average molecular weight is 464 g/mol. The van der Waals surface area contributed by atoms with Crippen LogP contribution in [-0.2, 0) is 35.2 Å². The Balaban J connectivity index is 0. The second-order valence-corrected chi connectivity index (χ2v) is 7.11. The van der Waals surface area contributed by atoms with E-state index in [0.29, 0.717) is 6.42 Å². The van der Waals surface area contributed by atoms with Crippen LogP contribution in [0.3, 0.4) is 0 Å². The van der Waals surface area contributed by atoms with E-state index >= 15 is 0 Å². The third-order valence-corrected chi connectivity index (χ3v) is 4.78. The van der Waals surface area contributed by atoms with Crippen molar-refractivity contribution < 1.29 is 38.7 Å². The Bertz CT molecular complexity index is 592. The summed E-state index contributed by atoms with van der Waals surface area (Å²) < 4.78 is 27.5. The summed E-state index contributed by atoms with van der Waals surface area (Å²) in [6, 6.07) is 4.75. The molecule has 0 saturated heterocycles. The molecule has 2 unspecified atom stereocenters. The van der Waals surface area contributed by atoms with Crippen molar-refractivity contribution in [2.24, 2.45) is 17.4 Å². The fourth-order valence-electron chi connectivity index (χ4n) is 1.64. The fraction of sp³-hybridized carbons (Fsp3) is 0.562. The molecule has 0 fully saturated rings. The van der Waals surface area contributed by atoms with Gasteiger partial charge >= 0.3 is 20.4 Å². The summed E-state index contributed by atoms with van der Waals surface area (Å²) in [5.74, 6) is -1.87. The van der Waals surface area contributed by atoms with E-state index in [1.807, 2.05) is 6.92 Å². The van der Waals surface area contributed by atoms with Crippen molar-refractivity contribution in [1.29, 1.82) is 0 Å². The molecular formula is C16H27N3O4PdS. The third-order valence-electron chi connectivity index (χ3n) is 3.40. The Hall–Kier alpha value is -0.818. The molecule has 1 rings (SSSR count). The van der Waals surface area contributed by atoms with Gasteiger partial charge in [0.25, 0.3) is 0 Å². The quantitative estimate of drug-likeness (QED) is 0.538. The van der Waals surface area contributed by atoms with Crippen molar-refractivity contribution >= 4 is 16.0 Å². The van der Waals surface area contributed by atoms with Gasteiger partial charge in [0.2, 0.25) is 0 Å². The molecule has 0 bridgehead atoms. The summed E-state index contributed by atoms with van der Waals surface area (Å²) in [4.78, 5) is 11.0. The Morgan fingerprint density at radius 1 is 1.20 bits per heavy atom. The van der Waals surface area contributed by atoms with Crippen molar-refractivity contribution in [2.45, 2.75) is 44.6 Å². The number of benzene rings is 1. The number of hydrogen-bond donors (Lipinski definition) is 2. The van der Waals surface area contributed by atoms with Gasteiger partial charge in [-0.3, -0.25) is 0 Å². The van der Waals surface area contributed by atoms with Gasteiger partial charge in [0, 0.05) is 10.9 Å². The zero-order valence-corrected chi connectivity index (χ0v) is 17.1. The molecule has 1 aromatic rings. The summed E-state index contributed by atoms with van der Waals surface area (Å²) in [7, 11) is -3.97. The molecule has 0 heterocycles. The molecule has 146 valence electrons. The summed E-state index contributed by atoms with van der Waals surface area (Å²) in [5.41, 5.74) is 11.0. The minimum Gasteiger partial charge on any atom is -0.552 e. The molecule has 0 aliphatic rings. The Morgan fingerprint density at radius 3 is 2.00 bits per heavy atom. The topological polar surface area (TPSA) is 140 Å². The maximum Gasteiger partial charge on any atom is 2.00 e. The SMILES string of the molecule is CCC(C)C([N-]S(=O)(=O)c1ccc(C)cc1)C(=O)[O-].NCCCN.[Pd+2]. The van der Waals surface area contributed by atoms with Crippen molar-refractivity contribution in [3.05, 3.63) is 34.6 Å². The molecule has 4 N–H and O–H groups in total. The van der Waals surface area contributed by atoms with Crippen LogP contribution in [0.1, 0.15) is 32.3 Å². The number of carbonyl (C=O) groups is 1. The summed E-state index contributed by atoms with van der Waals surface area (Å²) in [5, 5.41) is 11.0. The maximum absolute atomic E-state index is 12.0. The normalized spacial score (nSPS) is 13.0. The molecule has 0 saturated carbocycles. The number of nitrogens with zero attached hydrogens (tertiary/aromatic N) is 1. The van der Waals surface area contributed by atoms with Crippen molar-refractivity contribution in [3.63, 3.8) is 0 Å². The monoisotopic (exact) mass is 463 g/mol. The second kappa shape index (κ2) is 13.4. The van der Waals surface area contributed by atoms with Crippen LogP contribution < -0.4 is 16.6 Å². The summed E-state index contributed by atoms with van der Waals surface area (Å²) in [6.07, 6.45) is 1.45. The number of hydrogen-bond acceptors (Lipinski definition) is 6. The van der Waals surface area contributed by atoms with E-state index in [4.69, 9.17) is 11.5 Å². The van der Waals surface area contributed by atoms with E-state index in [9.17, 15) is 18.3 Å². The number of aryl methyl sites for hydroxylation is 1. The molecule has 2 atom stereocenters. The van der Waals surface area contributed by atoms with Crippen molar-refractivity contribution in [3.8, 4) is 0 Å². The van der Waals surface area contributed by atoms with Gasteiger partial charge in [-0.1, -0.05) is 49.9 Å². The zero-order valence-electron chi connectivity index (χ0n) is 14.8. The number of carboxylic acids is 1. The molecule has 0 radical (unpaired) electrons. The molecule has 0 spiro atoms. The largest absolute Gasteiger partial charge is 2.00 e. The molecule has 1 aromatic carbocycles. The molecule has 25 heavy (non-hydrogen) atoms. The second-order valence-electron chi connectivity index (χ2n) is 5.47. The number of aliphatic carboxylic acids is 1. The molecule has 0 aliphatic heterocycles. The van der Waals surface area contributed by atoms with E-state index in [-0.39, 0.29) is 25.3 Å². The van der Waals surface area contributed by atoms with Gasteiger partial charge in [-0.15, -0.1) is 0 Å². The standard InChI is InChI=1S/C13H18NO4S.C3H10N2.Pd/c1-4-10(3)12(13(15)16)14-19(17,18)11-7-5-9(2)6-8-11;4-2-1-3-5;/h5-8,10,12H,4H2,1-3H3,(H,15,16);1-5H2;/q-1;;+2/p-1. The van der Waals surface area contributed by atoms with Gasteiger partial charge < -0.3 is 26.1 Å². The predicted molar refractivity (Wildman–Crippen MR) is 92.7 cm³/mol. The van der Waals surface area contributed by atoms with E-state index in [0.717, 1.165) is 25.1 Å². The van der Waals surface area contributed by atoms with E-state index in [1.165, 1.54) is 12.1 Å². The van der Waals surface area contributed by atoms with Crippen LogP contribution in [0.2, 0.25) is 0 Å². The first-order valence-corrected chi connectivity index (χ1v) is 9.28. The average Bonchev–Trinajstić information content (AvgIpc) is 2.53. The van der Waals surface area contributed by atoms with Crippen LogP contribution in [0.4, 0.5) is 0 Å². The van der Waals surface area contributed by atoms with Gasteiger partial charge in [0.05, 0.1) is 0 Å². The van der Waals surface area contributed by atoms with Gasteiger partial charge in [-0.25, -0.2) is 8.42 Å². The van der Waals surface area contributed by atoms with Crippen molar-refractivity contribution in [1.82, 2.24) is 0 Å². The first-order chi connectivity index (χ1) is 11.2. The van der Waals surface area contributed by atoms with Crippen LogP contribution in [0.15, 0.2) is 29.2 Å². The summed E-state index contributed by atoms with van der Waals surface area (Å²) in [6.45, 7) is 6.67. The van der Waals surface area contributed by atoms with Gasteiger partial charge in [-0.05, 0) is 38.6 Å². The van der Waals surface area contributed by atoms with Crippen LogP contribution in [-0.4, -0.2) is 33.5 Å². The summed E-state index contributed by atoms with van der Waals surface area (Å²) >= 11 is 0. The third kappa shape index (κ3) is 10.0. The van der Waals surface area contributed by atoms with E-state index < -0.39 is 28.0 Å². The van der Waals surface area contributed by atoms with Crippen LogP contribution >= 0.6 is 0 Å². The van der Waals surface area contributed by atoms with Gasteiger partial charge in [0.15, 0.2) is 0 Å². The first kappa shape index (κ1) is 26.4. The maximum atomic E-state index is 12.0. The fourth-order valence-corrected chi connectivity index (χ4v) is 2.84. The van der Waals surface area contributed by atoms with Crippen LogP contribution in [0.25, 0.3) is 4.72 Å². The smallest absolute Gasteiger partial charge is 0.552 e.